The number of hydrogen-bond acceptors (Lipinski definition) is 4. The zero-order valence-electron chi connectivity index (χ0n) is 10.1. The molecule has 2 heterocycles. The Bertz CT molecular complexity index is 563. The molecule has 0 spiro atoms. The number of thioether (sulfide) groups is 1. The molecule has 4 nitrogen and oxygen atoms in total. The predicted octanol–water partition coefficient (Wildman–Crippen LogP) is 2.16. The van der Waals surface area contributed by atoms with Gasteiger partial charge in [-0.3, -0.25) is 0 Å². The van der Waals surface area contributed by atoms with Gasteiger partial charge in [0.1, 0.15) is 5.75 Å². The zero-order valence-corrected chi connectivity index (χ0v) is 10.9. The monoisotopic (exact) mass is 262 g/mol. The molecule has 1 N–H and O–H groups in total. The average Bonchev–Trinajstić information content (AvgIpc) is 2.98. The fourth-order valence-electron chi connectivity index (χ4n) is 2.17. The molecule has 0 amide bonds. The topological polar surface area (TPSA) is 47.3 Å². The van der Waals surface area contributed by atoms with Crippen LogP contribution in [0.25, 0.3) is 11.3 Å². The summed E-state index contributed by atoms with van der Waals surface area (Å²) in [6.45, 7) is 0.952. The highest BCUT2D eigenvalue weighted by atomic mass is 32.2. The third kappa shape index (κ3) is 1.79. The second kappa shape index (κ2) is 4.66. The van der Waals surface area contributed by atoms with E-state index in [1.807, 2.05) is 24.3 Å². The lowest BCUT2D eigenvalue weighted by molar-refractivity contribution is 0.271. The van der Waals surface area contributed by atoms with Crippen LogP contribution >= 0.6 is 11.8 Å². The Morgan fingerprint density at radius 2 is 2.17 bits per heavy atom. The van der Waals surface area contributed by atoms with Crippen molar-refractivity contribution in [2.75, 3.05) is 12.9 Å². The highest BCUT2D eigenvalue weighted by molar-refractivity contribution is 7.99. The number of methoxy groups -OCH3 is 1. The van der Waals surface area contributed by atoms with Gasteiger partial charge in [0.25, 0.3) is 0 Å². The summed E-state index contributed by atoms with van der Waals surface area (Å²) in [5, 5.41) is 10.5. The first-order chi connectivity index (χ1) is 8.83. The van der Waals surface area contributed by atoms with E-state index >= 15 is 0 Å². The molecule has 1 aromatic heterocycles. The number of nitrogens with zero attached hydrogens (tertiary/aromatic N) is 2. The van der Waals surface area contributed by atoms with Gasteiger partial charge >= 0.3 is 0 Å². The molecule has 1 aliphatic rings. The van der Waals surface area contributed by atoms with E-state index in [2.05, 4.69) is 9.55 Å². The molecule has 0 radical (unpaired) electrons. The molecule has 0 fully saturated rings. The van der Waals surface area contributed by atoms with E-state index in [-0.39, 0.29) is 6.61 Å². The summed E-state index contributed by atoms with van der Waals surface area (Å²) < 4.78 is 7.25. The standard InChI is InChI=1S/C13H14N2O2S/c1-17-10-4-2-9(3-5-10)12-11(8-16)15-6-7-18-13(15)14-12/h2-5,16H,6-8H2,1H3. The number of benzene rings is 1. The number of ether oxygens (including phenoxy) is 1. The summed E-state index contributed by atoms with van der Waals surface area (Å²) in [6.07, 6.45) is 0. The van der Waals surface area contributed by atoms with E-state index in [1.54, 1.807) is 18.9 Å². The van der Waals surface area contributed by atoms with Gasteiger partial charge in [-0.1, -0.05) is 11.8 Å². The molecular formula is C13H14N2O2S. The minimum Gasteiger partial charge on any atom is -0.497 e. The van der Waals surface area contributed by atoms with Crippen LogP contribution in [0, 0.1) is 0 Å². The molecule has 0 atom stereocenters. The first-order valence-electron chi connectivity index (χ1n) is 5.81. The molecule has 0 bridgehead atoms. The summed E-state index contributed by atoms with van der Waals surface area (Å²) in [7, 11) is 1.65. The van der Waals surface area contributed by atoms with Crippen molar-refractivity contribution in [1.82, 2.24) is 9.55 Å². The van der Waals surface area contributed by atoms with Crippen molar-refractivity contribution in [1.29, 1.82) is 0 Å². The maximum Gasteiger partial charge on any atom is 0.168 e. The van der Waals surface area contributed by atoms with Crippen molar-refractivity contribution in [3.63, 3.8) is 0 Å². The van der Waals surface area contributed by atoms with Crippen LogP contribution in [0.4, 0.5) is 0 Å². The van der Waals surface area contributed by atoms with E-state index in [0.717, 1.165) is 40.2 Å². The van der Waals surface area contributed by atoms with Crippen LogP contribution in [0.3, 0.4) is 0 Å². The maximum absolute atomic E-state index is 9.54. The van der Waals surface area contributed by atoms with Gasteiger partial charge in [-0.2, -0.15) is 0 Å². The molecule has 1 aromatic carbocycles. The van der Waals surface area contributed by atoms with Crippen molar-refractivity contribution in [3.05, 3.63) is 30.0 Å². The number of hydrogen-bond donors (Lipinski definition) is 1. The van der Waals surface area contributed by atoms with E-state index < -0.39 is 0 Å². The summed E-state index contributed by atoms with van der Waals surface area (Å²) in [5.74, 6) is 1.86. The van der Waals surface area contributed by atoms with Crippen molar-refractivity contribution in [3.8, 4) is 17.0 Å². The lowest BCUT2D eigenvalue weighted by Crippen LogP contribution is -2.01. The average molecular weight is 262 g/mol. The van der Waals surface area contributed by atoms with Gasteiger partial charge in [-0.25, -0.2) is 4.98 Å². The molecule has 5 heteroatoms. The number of rotatable bonds is 3. The minimum absolute atomic E-state index is 0.0227. The number of aromatic nitrogens is 2. The van der Waals surface area contributed by atoms with E-state index in [4.69, 9.17) is 4.74 Å². The third-order valence-corrected chi connectivity index (χ3v) is 4.05. The van der Waals surface area contributed by atoms with Crippen LogP contribution < -0.4 is 4.74 Å². The fourth-order valence-corrected chi connectivity index (χ4v) is 3.14. The molecular weight excluding hydrogens is 248 g/mol. The Labute approximate surface area is 110 Å². The number of aliphatic hydroxyl groups is 1. The second-order valence-electron chi connectivity index (χ2n) is 4.08. The van der Waals surface area contributed by atoms with Crippen LogP contribution in [0.5, 0.6) is 5.75 Å². The van der Waals surface area contributed by atoms with E-state index in [0.29, 0.717) is 0 Å². The number of aliphatic hydroxyl groups excluding tert-OH is 1. The Morgan fingerprint density at radius 3 is 2.83 bits per heavy atom. The van der Waals surface area contributed by atoms with Crippen molar-refractivity contribution in [2.45, 2.75) is 18.3 Å². The minimum atomic E-state index is 0.0227. The van der Waals surface area contributed by atoms with Crippen LogP contribution in [-0.2, 0) is 13.2 Å². The van der Waals surface area contributed by atoms with Gasteiger partial charge in [0.2, 0.25) is 0 Å². The van der Waals surface area contributed by atoms with Crippen molar-refractivity contribution in [2.24, 2.45) is 0 Å². The smallest absolute Gasteiger partial charge is 0.168 e. The Hall–Kier alpha value is -1.46. The van der Waals surface area contributed by atoms with Gasteiger partial charge in [0.05, 0.1) is 25.1 Å². The molecule has 3 rings (SSSR count). The molecule has 0 saturated carbocycles. The highest BCUT2D eigenvalue weighted by Gasteiger charge is 2.21. The molecule has 18 heavy (non-hydrogen) atoms. The Balaban J connectivity index is 2.05. The molecule has 2 aromatic rings. The van der Waals surface area contributed by atoms with Gasteiger partial charge in [-0.05, 0) is 24.3 Å². The van der Waals surface area contributed by atoms with Gasteiger partial charge < -0.3 is 14.4 Å². The Kier molecular flexibility index (Phi) is 3.01. The number of fused-ring (bicyclic) bond motifs is 1. The van der Waals surface area contributed by atoms with E-state index in [9.17, 15) is 5.11 Å². The first-order valence-corrected chi connectivity index (χ1v) is 6.79. The summed E-state index contributed by atoms with van der Waals surface area (Å²) in [4.78, 5) is 4.61. The zero-order chi connectivity index (χ0) is 12.5. The van der Waals surface area contributed by atoms with Gasteiger partial charge in [0, 0.05) is 17.9 Å². The summed E-state index contributed by atoms with van der Waals surface area (Å²) >= 11 is 1.74. The van der Waals surface area contributed by atoms with Crippen LogP contribution in [0.2, 0.25) is 0 Å². The lowest BCUT2D eigenvalue weighted by atomic mass is 10.1. The van der Waals surface area contributed by atoms with Crippen molar-refractivity contribution < 1.29 is 9.84 Å². The number of imidazole rings is 1. The van der Waals surface area contributed by atoms with Crippen LogP contribution in [-0.4, -0.2) is 27.5 Å². The molecule has 0 aliphatic carbocycles. The lowest BCUT2D eigenvalue weighted by Gasteiger charge is -2.05. The molecule has 94 valence electrons. The molecule has 1 aliphatic heterocycles. The largest absolute Gasteiger partial charge is 0.497 e. The van der Waals surface area contributed by atoms with Crippen LogP contribution in [0.15, 0.2) is 29.4 Å². The predicted molar refractivity (Wildman–Crippen MR) is 70.9 cm³/mol. The highest BCUT2D eigenvalue weighted by Crippen LogP contribution is 2.33. The third-order valence-electron chi connectivity index (χ3n) is 3.10. The maximum atomic E-state index is 9.54. The fraction of sp³-hybridized carbons (Fsp3) is 0.308. The summed E-state index contributed by atoms with van der Waals surface area (Å²) in [6, 6.07) is 7.77. The Morgan fingerprint density at radius 1 is 1.39 bits per heavy atom. The first kappa shape index (κ1) is 11.6. The quantitative estimate of drug-likeness (QED) is 0.920. The van der Waals surface area contributed by atoms with E-state index in [1.165, 1.54) is 0 Å². The molecule has 0 saturated heterocycles. The van der Waals surface area contributed by atoms with Gasteiger partial charge in [-0.15, -0.1) is 0 Å². The van der Waals surface area contributed by atoms with Crippen molar-refractivity contribution >= 4 is 11.8 Å². The van der Waals surface area contributed by atoms with Crippen LogP contribution in [0.1, 0.15) is 5.69 Å². The van der Waals surface area contributed by atoms with Gasteiger partial charge in [0.15, 0.2) is 5.16 Å². The summed E-state index contributed by atoms with van der Waals surface area (Å²) in [5.41, 5.74) is 2.80. The molecule has 0 unspecified atom stereocenters. The second-order valence-corrected chi connectivity index (χ2v) is 5.14. The normalized spacial score (nSPS) is 13.7. The SMILES string of the molecule is COc1ccc(-c2nc3n(c2CO)CCS3)cc1.